The van der Waals surface area contributed by atoms with Crippen LogP contribution in [0.5, 0.6) is 0 Å². The van der Waals surface area contributed by atoms with Crippen LogP contribution in [0.3, 0.4) is 0 Å². The molecule has 0 fully saturated rings. The average molecular weight is 282 g/mol. The molecule has 1 aromatic heterocycles. The summed E-state index contributed by atoms with van der Waals surface area (Å²) in [6, 6.07) is 6.50. The zero-order valence-electron chi connectivity index (χ0n) is 9.82. The van der Waals surface area contributed by atoms with Gasteiger partial charge in [0.1, 0.15) is 6.10 Å². The molecule has 0 bridgehead atoms. The van der Waals surface area contributed by atoms with Crippen LogP contribution in [-0.2, 0) is 4.79 Å². The quantitative estimate of drug-likeness (QED) is 0.794. The number of benzene rings is 1. The van der Waals surface area contributed by atoms with Gasteiger partial charge in [0.15, 0.2) is 0 Å². The van der Waals surface area contributed by atoms with Crippen molar-refractivity contribution in [2.45, 2.75) is 18.6 Å². The predicted molar refractivity (Wildman–Crippen MR) is 70.0 cm³/mol. The summed E-state index contributed by atoms with van der Waals surface area (Å²) >= 11 is 5.99. The SMILES string of the molecule is O=C(O)CC(O)C(O)c1ccc2c(Cl)ccnc2c1. The van der Waals surface area contributed by atoms with E-state index in [0.717, 1.165) is 5.39 Å². The molecule has 0 saturated carbocycles. The normalized spacial score (nSPS) is 14.3. The van der Waals surface area contributed by atoms with Crippen LogP contribution in [0.1, 0.15) is 18.1 Å². The molecule has 6 heteroatoms. The standard InChI is InChI=1S/C13H12ClNO4/c14-9-3-4-15-10-5-7(1-2-8(9)10)13(19)11(16)6-12(17)18/h1-5,11,13,16,19H,6H2,(H,17,18). The van der Waals surface area contributed by atoms with E-state index >= 15 is 0 Å². The van der Waals surface area contributed by atoms with Gasteiger partial charge in [-0.25, -0.2) is 0 Å². The van der Waals surface area contributed by atoms with Gasteiger partial charge in [0.25, 0.3) is 0 Å². The monoisotopic (exact) mass is 281 g/mol. The van der Waals surface area contributed by atoms with Crippen molar-refractivity contribution in [2.24, 2.45) is 0 Å². The highest BCUT2D eigenvalue weighted by Gasteiger charge is 2.21. The molecule has 0 spiro atoms. The van der Waals surface area contributed by atoms with E-state index in [4.69, 9.17) is 16.7 Å². The molecule has 2 unspecified atom stereocenters. The van der Waals surface area contributed by atoms with Gasteiger partial charge in [0.05, 0.1) is 23.1 Å². The lowest BCUT2D eigenvalue weighted by Gasteiger charge is -2.16. The maximum atomic E-state index is 10.5. The van der Waals surface area contributed by atoms with Crippen molar-refractivity contribution in [1.82, 2.24) is 4.98 Å². The largest absolute Gasteiger partial charge is 0.481 e. The number of aliphatic hydroxyl groups excluding tert-OH is 2. The Bertz CT molecular complexity index is 617. The molecule has 2 rings (SSSR count). The Morgan fingerprint density at radius 2 is 2.05 bits per heavy atom. The van der Waals surface area contributed by atoms with Gasteiger partial charge in [-0.1, -0.05) is 23.7 Å². The number of hydrogen-bond donors (Lipinski definition) is 3. The first-order chi connectivity index (χ1) is 8.99. The summed E-state index contributed by atoms with van der Waals surface area (Å²) in [5.41, 5.74) is 0.975. The maximum absolute atomic E-state index is 10.5. The number of fused-ring (bicyclic) bond motifs is 1. The Morgan fingerprint density at radius 1 is 1.32 bits per heavy atom. The van der Waals surface area contributed by atoms with Gasteiger partial charge in [-0.15, -0.1) is 0 Å². The molecule has 1 heterocycles. The predicted octanol–water partition coefficient (Wildman–Crippen LogP) is 1.76. The minimum absolute atomic E-state index is 0.399. The number of carboxylic acid groups (broad SMARTS) is 1. The third-order valence-corrected chi connectivity index (χ3v) is 3.13. The highest BCUT2D eigenvalue weighted by Crippen LogP contribution is 2.26. The van der Waals surface area contributed by atoms with Gasteiger partial charge in [-0.2, -0.15) is 0 Å². The molecule has 1 aromatic carbocycles. The molecule has 19 heavy (non-hydrogen) atoms. The lowest BCUT2D eigenvalue weighted by atomic mass is 10.0. The lowest BCUT2D eigenvalue weighted by Crippen LogP contribution is -2.21. The summed E-state index contributed by atoms with van der Waals surface area (Å²) in [6.45, 7) is 0. The van der Waals surface area contributed by atoms with Crippen LogP contribution in [-0.4, -0.2) is 32.4 Å². The molecule has 0 aliphatic rings. The number of nitrogens with zero attached hydrogens (tertiary/aromatic N) is 1. The van der Waals surface area contributed by atoms with Crippen molar-refractivity contribution in [3.8, 4) is 0 Å². The fraction of sp³-hybridized carbons (Fsp3) is 0.231. The van der Waals surface area contributed by atoms with Crippen molar-refractivity contribution >= 4 is 28.5 Å². The molecule has 5 nitrogen and oxygen atoms in total. The number of carboxylic acids is 1. The highest BCUT2D eigenvalue weighted by molar-refractivity contribution is 6.35. The molecule has 3 N–H and O–H groups in total. The van der Waals surface area contributed by atoms with Crippen molar-refractivity contribution in [1.29, 1.82) is 0 Å². The van der Waals surface area contributed by atoms with E-state index in [1.54, 1.807) is 24.3 Å². The molecule has 0 aliphatic heterocycles. The molecule has 0 aliphatic carbocycles. The topological polar surface area (TPSA) is 90.7 Å². The van der Waals surface area contributed by atoms with Crippen LogP contribution in [0.4, 0.5) is 0 Å². The molecule has 0 saturated heterocycles. The molecule has 2 aromatic rings. The molecule has 100 valence electrons. The number of rotatable bonds is 4. The number of hydrogen-bond acceptors (Lipinski definition) is 4. The van der Waals surface area contributed by atoms with Crippen LogP contribution >= 0.6 is 11.6 Å². The molecular formula is C13H12ClNO4. The van der Waals surface area contributed by atoms with E-state index in [2.05, 4.69) is 4.98 Å². The number of aromatic nitrogens is 1. The second-order valence-electron chi connectivity index (χ2n) is 4.18. The van der Waals surface area contributed by atoms with Gasteiger partial charge in [0.2, 0.25) is 0 Å². The Kier molecular flexibility index (Phi) is 3.99. The van der Waals surface area contributed by atoms with E-state index in [0.29, 0.717) is 16.1 Å². The van der Waals surface area contributed by atoms with E-state index in [1.807, 2.05) is 0 Å². The number of carbonyl (C=O) groups is 1. The summed E-state index contributed by atoms with van der Waals surface area (Å²) in [4.78, 5) is 14.6. The third-order valence-electron chi connectivity index (χ3n) is 2.80. The van der Waals surface area contributed by atoms with E-state index in [1.165, 1.54) is 6.20 Å². The van der Waals surface area contributed by atoms with Gasteiger partial charge >= 0.3 is 5.97 Å². The van der Waals surface area contributed by atoms with Crippen molar-refractivity contribution in [2.75, 3.05) is 0 Å². The number of halogens is 1. The van der Waals surface area contributed by atoms with Gasteiger partial charge in [0, 0.05) is 11.6 Å². The second-order valence-corrected chi connectivity index (χ2v) is 4.59. The van der Waals surface area contributed by atoms with E-state index in [9.17, 15) is 15.0 Å². The van der Waals surface area contributed by atoms with Crippen LogP contribution in [0.2, 0.25) is 5.02 Å². The van der Waals surface area contributed by atoms with Gasteiger partial charge in [-0.05, 0) is 17.7 Å². The molecular weight excluding hydrogens is 270 g/mol. The summed E-state index contributed by atoms with van der Waals surface area (Å²) in [5.74, 6) is -1.17. The minimum atomic E-state index is -1.37. The van der Waals surface area contributed by atoms with Crippen LogP contribution in [0, 0.1) is 0 Å². The Labute approximate surface area is 114 Å². The van der Waals surface area contributed by atoms with E-state index < -0.39 is 24.6 Å². The molecule has 0 radical (unpaired) electrons. The smallest absolute Gasteiger partial charge is 0.306 e. The number of aliphatic carboxylic acids is 1. The van der Waals surface area contributed by atoms with Crippen molar-refractivity contribution < 1.29 is 20.1 Å². The fourth-order valence-electron chi connectivity index (χ4n) is 1.83. The fourth-order valence-corrected chi connectivity index (χ4v) is 2.04. The Balaban J connectivity index is 2.33. The first-order valence-electron chi connectivity index (χ1n) is 5.61. The summed E-state index contributed by atoms with van der Waals surface area (Å²) in [5, 5.41) is 29.3. The zero-order valence-corrected chi connectivity index (χ0v) is 10.6. The van der Waals surface area contributed by atoms with Crippen LogP contribution in [0.25, 0.3) is 10.9 Å². The summed E-state index contributed by atoms with van der Waals surface area (Å²) in [6.07, 6.45) is -1.63. The van der Waals surface area contributed by atoms with Gasteiger partial charge < -0.3 is 15.3 Å². The number of aliphatic hydroxyl groups is 2. The zero-order chi connectivity index (χ0) is 14.0. The molecule has 2 atom stereocenters. The Hall–Kier alpha value is -1.69. The Morgan fingerprint density at radius 3 is 2.74 bits per heavy atom. The van der Waals surface area contributed by atoms with Crippen LogP contribution in [0.15, 0.2) is 30.5 Å². The lowest BCUT2D eigenvalue weighted by molar-refractivity contribution is -0.141. The maximum Gasteiger partial charge on any atom is 0.306 e. The van der Waals surface area contributed by atoms with Crippen molar-refractivity contribution in [3.05, 3.63) is 41.0 Å². The highest BCUT2D eigenvalue weighted by atomic mass is 35.5. The number of pyridine rings is 1. The second kappa shape index (κ2) is 5.52. The van der Waals surface area contributed by atoms with Crippen LogP contribution < -0.4 is 0 Å². The minimum Gasteiger partial charge on any atom is -0.481 e. The third kappa shape index (κ3) is 3.01. The summed E-state index contributed by atoms with van der Waals surface area (Å²) < 4.78 is 0. The molecule has 0 amide bonds. The first kappa shape index (κ1) is 13.7. The first-order valence-corrected chi connectivity index (χ1v) is 5.99. The van der Waals surface area contributed by atoms with Gasteiger partial charge in [-0.3, -0.25) is 9.78 Å². The van der Waals surface area contributed by atoms with E-state index in [-0.39, 0.29) is 0 Å². The summed E-state index contributed by atoms with van der Waals surface area (Å²) in [7, 11) is 0. The average Bonchev–Trinajstić information content (AvgIpc) is 2.37. The van der Waals surface area contributed by atoms with Crippen molar-refractivity contribution in [3.63, 3.8) is 0 Å².